The molecule has 2 rings (SSSR count). The number of amides is 2. The van der Waals surface area contributed by atoms with Gasteiger partial charge in [-0.05, 0) is 31.4 Å². The molecular weight excluding hydrogens is 300 g/mol. The molecule has 1 aliphatic rings. The van der Waals surface area contributed by atoms with Crippen LogP contribution in [0, 0.1) is 0 Å². The number of carboxylic acid groups (broad SMARTS) is 1. The number of rotatable bonds is 6. The van der Waals surface area contributed by atoms with Gasteiger partial charge >= 0.3 is 5.97 Å². The fraction of sp³-hybridized carbons (Fsp3) is 0.438. The average Bonchev–Trinajstić information content (AvgIpc) is 2.58. The molecule has 0 aromatic heterocycles. The molecule has 1 aliphatic heterocycles. The second kappa shape index (κ2) is 8.17. The molecule has 23 heavy (non-hydrogen) atoms. The van der Waals surface area contributed by atoms with Gasteiger partial charge in [0, 0.05) is 6.54 Å². The number of likely N-dealkylation sites (tertiary alicyclic amines) is 1. The quantitative estimate of drug-likeness (QED) is 0.802. The lowest BCUT2D eigenvalue weighted by atomic mass is 10.0. The number of ether oxygens (including phenoxy) is 1. The summed E-state index contributed by atoms with van der Waals surface area (Å²) in [5, 5.41) is 11.6. The predicted octanol–water partition coefficient (Wildman–Crippen LogP) is 0.647. The monoisotopic (exact) mass is 320 g/mol. The molecule has 0 radical (unpaired) electrons. The summed E-state index contributed by atoms with van der Waals surface area (Å²) in [6.45, 7) is -0.00734. The van der Waals surface area contributed by atoms with Gasteiger partial charge in [-0.15, -0.1) is 0 Å². The number of carbonyl (C=O) groups is 3. The summed E-state index contributed by atoms with van der Waals surface area (Å²) < 4.78 is 5.27. The number of nitrogens with one attached hydrogen (secondary N) is 1. The maximum atomic E-state index is 12.1. The third kappa shape index (κ3) is 4.98. The Hall–Kier alpha value is -2.57. The minimum Gasteiger partial charge on any atom is -0.484 e. The van der Waals surface area contributed by atoms with Crippen molar-refractivity contribution >= 4 is 17.8 Å². The van der Waals surface area contributed by atoms with E-state index in [-0.39, 0.29) is 19.1 Å². The number of nitrogens with zero attached hydrogens (tertiary/aromatic N) is 1. The van der Waals surface area contributed by atoms with Crippen LogP contribution in [0.3, 0.4) is 0 Å². The van der Waals surface area contributed by atoms with E-state index in [4.69, 9.17) is 9.84 Å². The van der Waals surface area contributed by atoms with Crippen molar-refractivity contribution in [2.24, 2.45) is 0 Å². The van der Waals surface area contributed by atoms with Crippen LogP contribution in [0.5, 0.6) is 5.75 Å². The highest BCUT2D eigenvalue weighted by molar-refractivity contribution is 5.88. The lowest BCUT2D eigenvalue weighted by molar-refractivity contribution is -0.151. The fourth-order valence-corrected chi connectivity index (χ4v) is 2.48. The highest BCUT2D eigenvalue weighted by atomic mass is 16.5. The summed E-state index contributed by atoms with van der Waals surface area (Å²) >= 11 is 0. The molecule has 7 heteroatoms. The molecular formula is C16H20N2O5. The SMILES string of the molecule is O=C(COc1ccccc1)NCC(=O)N1CCCC[C@@H]1C(=O)O. The van der Waals surface area contributed by atoms with E-state index < -0.39 is 17.9 Å². The largest absolute Gasteiger partial charge is 0.484 e. The zero-order chi connectivity index (χ0) is 16.7. The molecule has 1 fully saturated rings. The molecule has 124 valence electrons. The maximum absolute atomic E-state index is 12.1. The van der Waals surface area contributed by atoms with Crippen molar-refractivity contribution in [2.45, 2.75) is 25.3 Å². The number of aliphatic carboxylic acids is 1. The van der Waals surface area contributed by atoms with E-state index in [2.05, 4.69) is 5.32 Å². The van der Waals surface area contributed by atoms with Crippen molar-refractivity contribution in [3.8, 4) is 5.75 Å². The van der Waals surface area contributed by atoms with Gasteiger partial charge in [-0.25, -0.2) is 4.79 Å². The van der Waals surface area contributed by atoms with Crippen LogP contribution >= 0.6 is 0 Å². The van der Waals surface area contributed by atoms with E-state index >= 15 is 0 Å². The zero-order valence-corrected chi connectivity index (χ0v) is 12.7. The Balaban J connectivity index is 1.76. The van der Waals surface area contributed by atoms with Gasteiger partial charge in [0.25, 0.3) is 5.91 Å². The first kappa shape index (κ1) is 16.8. The third-order valence-corrected chi connectivity index (χ3v) is 3.66. The Morgan fingerprint density at radius 3 is 2.65 bits per heavy atom. The van der Waals surface area contributed by atoms with Gasteiger partial charge in [-0.1, -0.05) is 18.2 Å². The van der Waals surface area contributed by atoms with Gasteiger partial charge in [0.1, 0.15) is 11.8 Å². The Kier molecular flexibility index (Phi) is 5.96. The second-order valence-electron chi connectivity index (χ2n) is 5.32. The Bertz CT molecular complexity index is 561. The van der Waals surface area contributed by atoms with E-state index in [1.165, 1.54) is 4.90 Å². The Morgan fingerprint density at radius 1 is 1.22 bits per heavy atom. The third-order valence-electron chi connectivity index (χ3n) is 3.66. The molecule has 1 heterocycles. The first-order valence-corrected chi connectivity index (χ1v) is 7.55. The summed E-state index contributed by atoms with van der Waals surface area (Å²) in [4.78, 5) is 36.3. The molecule has 1 aromatic carbocycles. The van der Waals surface area contributed by atoms with Gasteiger partial charge < -0.3 is 20.1 Å². The van der Waals surface area contributed by atoms with Crippen LogP contribution in [0.25, 0.3) is 0 Å². The molecule has 0 saturated carbocycles. The standard InChI is InChI=1S/C16H20N2O5/c19-14(11-23-12-6-2-1-3-7-12)17-10-15(20)18-9-5-4-8-13(18)16(21)22/h1-3,6-7,13H,4-5,8-11H2,(H,17,19)(H,21,22)/t13-/m1/s1. The van der Waals surface area contributed by atoms with Crippen LogP contribution in [0.2, 0.25) is 0 Å². The molecule has 0 bridgehead atoms. The maximum Gasteiger partial charge on any atom is 0.326 e. The highest BCUT2D eigenvalue weighted by Crippen LogP contribution is 2.17. The first-order valence-electron chi connectivity index (χ1n) is 7.55. The molecule has 0 unspecified atom stereocenters. The topological polar surface area (TPSA) is 95.9 Å². The van der Waals surface area contributed by atoms with Crippen LogP contribution in [0.15, 0.2) is 30.3 Å². The van der Waals surface area contributed by atoms with Crippen LogP contribution in [0.1, 0.15) is 19.3 Å². The summed E-state index contributed by atoms with van der Waals surface area (Å²) in [6, 6.07) is 8.07. The molecule has 0 aliphatic carbocycles. The number of benzene rings is 1. The van der Waals surface area contributed by atoms with Gasteiger partial charge in [0.2, 0.25) is 5.91 Å². The van der Waals surface area contributed by atoms with Crippen LogP contribution in [0.4, 0.5) is 0 Å². The van der Waals surface area contributed by atoms with E-state index in [0.29, 0.717) is 18.7 Å². The van der Waals surface area contributed by atoms with Gasteiger partial charge in [0.05, 0.1) is 6.54 Å². The summed E-state index contributed by atoms with van der Waals surface area (Å²) in [5.41, 5.74) is 0. The number of carboxylic acids is 1. The molecule has 0 spiro atoms. The molecule has 2 N–H and O–H groups in total. The molecule has 1 saturated heterocycles. The van der Waals surface area contributed by atoms with Crippen molar-refractivity contribution in [2.75, 3.05) is 19.7 Å². The minimum absolute atomic E-state index is 0.195. The van der Waals surface area contributed by atoms with Gasteiger partial charge in [-0.3, -0.25) is 9.59 Å². The van der Waals surface area contributed by atoms with E-state index in [1.807, 2.05) is 6.07 Å². The normalized spacial score (nSPS) is 17.4. The first-order chi connectivity index (χ1) is 11.1. The van der Waals surface area contributed by atoms with Crippen LogP contribution in [-0.4, -0.2) is 53.5 Å². The number of hydrogen-bond acceptors (Lipinski definition) is 4. The molecule has 2 amide bonds. The lowest BCUT2D eigenvalue weighted by Gasteiger charge is -2.33. The van der Waals surface area contributed by atoms with Crippen molar-refractivity contribution in [3.63, 3.8) is 0 Å². The zero-order valence-electron chi connectivity index (χ0n) is 12.7. The second-order valence-corrected chi connectivity index (χ2v) is 5.32. The molecule has 7 nitrogen and oxygen atoms in total. The van der Waals surface area contributed by atoms with E-state index in [9.17, 15) is 14.4 Å². The van der Waals surface area contributed by atoms with Crippen molar-refractivity contribution in [1.82, 2.24) is 10.2 Å². The fourth-order valence-electron chi connectivity index (χ4n) is 2.48. The molecule has 1 atom stereocenters. The van der Waals surface area contributed by atoms with E-state index in [1.54, 1.807) is 24.3 Å². The van der Waals surface area contributed by atoms with Crippen LogP contribution in [-0.2, 0) is 14.4 Å². The predicted molar refractivity (Wildman–Crippen MR) is 81.9 cm³/mol. The summed E-state index contributed by atoms with van der Waals surface area (Å²) in [5.74, 6) is -1.25. The lowest BCUT2D eigenvalue weighted by Crippen LogP contribution is -2.51. The van der Waals surface area contributed by atoms with Crippen LogP contribution < -0.4 is 10.1 Å². The minimum atomic E-state index is -1.00. The number of carbonyl (C=O) groups excluding carboxylic acids is 2. The number of para-hydroxylation sites is 1. The van der Waals surface area contributed by atoms with Crippen molar-refractivity contribution in [3.05, 3.63) is 30.3 Å². The summed E-state index contributed by atoms with van der Waals surface area (Å²) in [6.07, 6.45) is 2.02. The highest BCUT2D eigenvalue weighted by Gasteiger charge is 2.31. The van der Waals surface area contributed by atoms with E-state index in [0.717, 1.165) is 12.8 Å². The van der Waals surface area contributed by atoms with Gasteiger partial charge in [-0.2, -0.15) is 0 Å². The summed E-state index contributed by atoms with van der Waals surface area (Å²) in [7, 11) is 0. The Morgan fingerprint density at radius 2 is 1.96 bits per heavy atom. The molecule has 1 aromatic rings. The smallest absolute Gasteiger partial charge is 0.326 e. The number of hydrogen-bond donors (Lipinski definition) is 2. The Labute approximate surface area is 134 Å². The van der Waals surface area contributed by atoms with Crippen molar-refractivity contribution < 1.29 is 24.2 Å². The van der Waals surface area contributed by atoms with Gasteiger partial charge in [0.15, 0.2) is 6.61 Å². The number of piperidine rings is 1. The average molecular weight is 320 g/mol. The van der Waals surface area contributed by atoms with Crippen molar-refractivity contribution in [1.29, 1.82) is 0 Å².